The molecule has 6 rings (SSSR count). The van der Waals surface area contributed by atoms with Gasteiger partial charge in [0, 0.05) is 23.0 Å². The third-order valence-corrected chi connectivity index (χ3v) is 6.96. The molecule has 0 aliphatic carbocycles. The third-order valence-electron chi connectivity index (χ3n) is 6.96. The number of ether oxygens (including phenoxy) is 1. The van der Waals surface area contributed by atoms with E-state index in [4.69, 9.17) is 9.15 Å². The molecule has 1 atom stereocenters. The summed E-state index contributed by atoms with van der Waals surface area (Å²) in [6.07, 6.45) is 1.66. The van der Waals surface area contributed by atoms with Crippen LogP contribution in [0.4, 0.5) is 0 Å². The Labute approximate surface area is 237 Å². The molecule has 3 aromatic heterocycles. The van der Waals surface area contributed by atoms with Crippen LogP contribution in [-0.4, -0.2) is 36.7 Å². The average molecular weight is 547 g/mol. The van der Waals surface area contributed by atoms with Crippen molar-refractivity contribution in [2.75, 3.05) is 6.61 Å². The average Bonchev–Trinajstić information content (AvgIpc) is 3.67. The number of hydrogen-bond acceptors (Lipinski definition) is 7. The first-order valence-corrected chi connectivity index (χ1v) is 13.6. The molecule has 3 aromatic carbocycles. The number of nitrogens with one attached hydrogen (secondary N) is 1. The summed E-state index contributed by atoms with van der Waals surface area (Å²) in [5.41, 5.74) is 3.18. The van der Waals surface area contributed by atoms with Gasteiger partial charge in [-0.05, 0) is 64.9 Å². The number of hydrogen-bond donors (Lipinski definition) is 1. The van der Waals surface area contributed by atoms with Gasteiger partial charge in [0.2, 0.25) is 0 Å². The van der Waals surface area contributed by atoms with Crippen molar-refractivity contribution in [1.29, 1.82) is 0 Å². The minimum atomic E-state index is -0.595. The third kappa shape index (κ3) is 5.95. The topological polar surface area (TPSA) is 102 Å². The number of aromatic amines is 1. The molecule has 0 unspecified atom stereocenters. The Bertz CT molecular complexity index is 1760. The number of aromatic nitrogens is 5. The second kappa shape index (κ2) is 12.0. The highest BCUT2D eigenvalue weighted by molar-refractivity contribution is 5.80. The first-order chi connectivity index (χ1) is 20.2. The van der Waals surface area contributed by atoms with Crippen molar-refractivity contribution in [2.24, 2.45) is 0 Å². The fraction of sp³-hybridized carbons (Fsp3) is 0.188. The molecule has 0 radical (unpaired) electrons. The number of nitrogens with zero attached hydrogens (tertiary/aromatic N) is 5. The Morgan fingerprint density at radius 1 is 0.927 bits per heavy atom. The van der Waals surface area contributed by atoms with Crippen LogP contribution in [0, 0.1) is 0 Å². The van der Waals surface area contributed by atoms with Crippen molar-refractivity contribution in [1.82, 2.24) is 30.1 Å². The smallest absolute Gasteiger partial charge is 0.253 e. The molecule has 0 aliphatic heterocycles. The first kappa shape index (κ1) is 26.2. The van der Waals surface area contributed by atoms with Gasteiger partial charge < -0.3 is 14.1 Å². The van der Waals surface area contributed by atoms with Crippen molar-refractivity contribution in [3.05, 3.63) is 142 Å². The fourth-order valence-corrected chi connectivity index (χ4v) is 5.10. The molecule has 1 N–H and O–H groups in total. The molecule has 0 fully saturated rings. The van der Waals surface area contributed by atoms with Crippen LogP contribution in [0.3, 0.4) is 0 Å². The number of tetrazole rings is 1. The number of benzene rings is 3. The molecule has 6 aromatic rings. The lowest BCUT2D eigenvalue weighted by molar-refractivity contribution is 0.179. The van der Waals surface area contributed by atoms with Crippen LogP contribution in [0.1, 0.15) is 41.2 Å². The van der Waals surface area contributed by atoms with E-state index in [0.717, 1.165) is 33.5 Å². The summed E-state index contributed by atoms with van der Waals surface area (Å²) in [5, 5.41) is 13.8. The number of fused-ring (bicyclic) bond motifs is 1. The maximum absolute atomic E-state index is 13.8. The van der Waals surface area contributed by atoms with E-state index in [-0.39, 0.29) is 5.56 Å². The molecule has 0 bridgehead atoms. The lowest BCUT2D eigenvalue weighted by Gasteiger charge is -2.30. The normalized spacial score (nSPS) is 12.1. The van der Waals surface area contributed by atoms with E-state index < -0.39 is 6.04 Å². The second-order valence-corrected chi connectivity index (χ2v) is 9.79. The summed E-state index contributed by atoms with van der Waals surface area (Å²) in [5.74, 6) is 2.06. The lowest BCUT2D eigenvalue weighted by Crippen LogP contribution is -2.34. The summed E-state index contributed by atoms with van der Waals surface area (Å²) in [6, 6.07) is 30.9. The fourth-order valence-electron chi connectivity index (χ4n) is 5.10. The predicted octanol–water partition coefficient (Wildman–Crippen LogP) is 5.35. The minimum absolute atomic E-state index is 0.210. The van der Waals surface area contributed by atoms with E-state index >= 15 is 0 Å². The minimum Gasteiger partial charge on any atom is -0.494 e. The summed E-state index contributed by atoms with van der Waals surface area (Å²) < 4.78 is 13.3. The van der Waals surface area contributed by atoms with Gasteiger partial charge in [0.15, 0.2) is 5.82 Å². The Hall–Kier alpha value is -5.02. The van der Waals surface area contributed by atoms with Crippen molar-refractivity contribution in [2.45, 2.75) is 32.6 Å². The maximum Gasteiger partial charge on any atom is 0.253 e. The lowest BCUT2D eigenvalue weighted by atomic mass is 10.0. The summed E-state index contributed by atoms with van der Waals surface area (Å²) >= 11 is 0. The Kier molecular flexibility index (Phi) is 7.68. The summed E-state index contributed by atoms with van der Waals surface area (Å²) in [7, 11) is 0. The molecule has 41 heavy (non-hydrogen) atoms. The molecule has 3 heterocycles. The van der Waals surface area contributed by atoms with Crippen molar-refractivity contribution in [3.8, 4) is 5.75 Å². The number of pyridine rings is 1. The van der Waals surface area contributed by atoms with Crippen LogP contribution in [0.15, 0.2) is 113 Å². The summed E-state index contributed by atoms with van der Waals surface area (Å²) in [6.45, 7) is 3.91. The standard InChI is InChI=1S/C32H30N6O3/c1-2-40-26-15-16-29-25(18-26)19-28(32(39)33-29)30(31-34-35-36-38(31)21-24-12-7-4-8-13-24)37(22-27-14-9-17-41-27)20-23-10-5-3-6-11-23/h3-19,30H,2,20-22H2,1H3,(H,33,39)/t30-/m0/s1. The van der Waals surface area contributed by atoms with Gasteiger partial charge in [-0.15, -0.1) is 5.10 Å². The zero-order valence-electron chi connectivity index (χ0n) is 22.7. The molecular formula is C32H30N6O3. The van der Waals surface area contributed by atoms with Gasteiger partial charge in [-0.2, -0.15) is 0 Å². The monoisotopic (exact) mass is 546 g/mol. The molecular weight excluding hydrogens is 516 g/mol. The first-order valence-electron chi connectivity index (χ1n) is 13.6. The largest absolute Gasteiger partial charge is 0.494 e. The van der Waals surface area contributed by atoms with Crippen LogP contribution in [-0.2, 0) is 19.6 Å². The Morgan fingerprint density at radius 2 is 1.71 bits per heavy atom. The van der Waals surface area contributed by atoms with E-state index in [1.807, 2.05) is 91.9 Å². The van der Waals surface area contributed by atoms with Gasteiger partial charge in [-0.25, -0.2) is 4.68 Å². The zero-order chi connectivity index (χ0) is 28.0. The van der Waals surface area contributed by atoms with Crippen molar-refractivity contribution >= 4 is 10.9 Å². The highest BCUT2D eigenvalue weighted by Crippen LogP contribution is 2.31. The zero-order valence-corrected chi connectivity index (χ0v) is 22.7. The highest BCUT2D eigenvalue weighted by Gasteiger charge is 2.31. The molecule has 0 spiro atoms. The Balaban J connectivity index is 1.52. The van der Waals surface area contributed by atoms with E-state index in [1.54, 1.807) is 10.9 Å². The highest BCUT2D eigenvalue weighted by atomic mass is 16.5. The van der Waals surface area contributed by atoms with Crippen molar-refractivity contribution < 1.29 is 9.15 Å². The van der Waals surface area contributed by atoms with E-state index in [9.17, 15) is 4.79 Å². The molecule has 0 aliphatic rings. The van der Waals surface area contributed by atoms with Crippen LogP contribution >= 0.6 is 0 Å². The van der Waals surface area contributed by atoms with Gasteiger partial charge in [0.25, 0.3) is 5.56 Å². The quantitative estimate of drug-likeness (QED) is 0.234. The van der Waals surface area contributed by atoms with Gasteiger partial charge >= 0.3 is 0 Å². The molecule has 9 heteroatoms. The van der Waals surface area contributed by atoms with Crippen LogP contribution < -0.4 is 10.3 Å². The maximum atomic E-state index is 13.8. The van der Waals surface area contributed by atoms with Crippen molar-refractivity contribution in [3.63, 3.8) is 0 Å². The second-order valence-electron chi connectivity index (χ2n) is 9.79. The number of H-pyrrole nitrogens is 1. The van der Waals surface area contributed by atoms with Crippen LogP contribution in [0.5, 0.6) is 5.75 Å². The van der Waals surface area contributed by atoms with Gasteiger partial charge in [0.1, 0.15) is 17.6 Å². The SMILES string of the molecule is CCOc1ccc2[nH]c(=O)c([C@@H](c3nnnn3Cc3ccccc3)N(Cc3ccccc3)Cc3ccco3)cc2c1. The van der Waals surface area contributed by atoms with Gasteiger partial charge in [-0.1, -0.05) is 60.7 Å². The number of rotatable bonds is 11. The van der Waals surface area contributed by atoms with Crippen LogP contribution in [0.25, 0.3) is 10.9 Å². The van der Waals surface area contributed by atoms with Crippen LogP contribution in [0.2, 0.25) is 0 Å². The van der Waals surface area contributed by atoms with E-state index in [2.05, 4.69) is 37.5 Å². The number of furan rings is 1. The van der Waals surface area contributed by atoms with Gasteiger partial charge in [-0.3, -0.25) is 9.69 Å². The van der Waals surface area contributed by atoms with E-state index in [0.29, 0.717) is 37.6 Å². The van der Waals surface area contributed by atoms with Gasteiger partial charge in [0.05, 0.1) is 26.0 Å². The predicted molar refractivity (Wildman–Crippen MR) is 155 cm³/mol. The molecule has 0 amide bonds. The molecule has 0 saturated heterocycles. The van der Waals surface area contributed by atoms with E-state index in [1.165, 1.54) is 0 Å². The molecule has 9 nitrogen and oxygen atoms in total. The Morgan fingerprint density at radius 3 is 2.44 bits per heavy atom. The molecule has 0 saturated carbocycles. The molecule has 206 valence electrons. The summed E-state index contributed by atoms with van der Waals surface area (Å²) in [4.78, 5) is 19.0.